The van der Waals surface area contributed by atoms with Crippen LogP contribution >= 0.6 is 0 Å². The van der Waals surface area contributed by atoms with Gasteiger partial charge in [0.25, 0.3) is 0 Å². The van der Waals surface area contributed by atoms with Crippen LogP contribution in [-0.2, 0) is 11.8 Å². The Bertz CT molecular complexity index is 675. The summed E-state index contributed by atoms with van der Waals surface area (Å²) >= 11 is 0. The minimum Gasteiger partial charge on any atom is -0.358 e. The van der Waals surface area contributed by atoms with Crippen molar-refractivity contribution in [3.8, 4) is 0 Å². The van der Waals surface area contributed by atoms with Crippen LogP contribution in [0, 0.1) is 0 Å². The zero-order chi connectivity index (χ0) is 14.1. The molecular formula is C18H24N2. The summed E-state index contributed by atoms with van der Waals surface area (Å²) in [6.07, 6.45) is 3.87. The largest absolute Gasteiger partial charge is 0.358 e. The molecule has 2 heteroatoms. The smallest absolute Gasteiger partial charge is 0.0459 e. The van der Waals surface area contributed by atoms with Gasteiger partial charge in [-0.15, -0.1) is 0 Å². The quantitative estimate of drug-likeness (QED) is 0.760. The molecular weight excluding hydrogens is 244 g/mol. The number of aromatic amines is 1. The second-order valence-electron chi connectivity index (χ2n) is 7.64. The summed E-state index contributed by atoms with van der Waals surface area (Å²) in [4.78, 5) is 6.29. The molecule has 1 aromatic carbocycles. The van der Waals surface area contributed by atoms with Crippen molar-refractivity contribution in [2.24, 2.45) is 0 Å². The number of nitrogens with zero attached hydrogens (tertiary/aromatic N) is 1. The molecule has 1 fully saturated rings. The minimum absolute atomic E-state index is 0.219. The highest BCUT2D eigenvalue weighted by Crippen LogP contribution is 2.45. The van der Waals surface area contributed by atoms with Gasteiger partial charge in [-0.2, -0.15) is 0 Å². The molecule has 1 aromatic heterocycles. The van der Waals surface area contributed by atoms with Crippen LogP contribution in [-0.4, -0.2) is 23.0 Å². The van der Waals surface area contributed by atoms with Crippen LogP contribution < -0.4 is 0 Å². The van der Waals surface area contributed by atoms with Crippen molar-refractivity contribution < 1.29 is 0 Å². The molecule has 1 N–H and O–H groups in total. The van der Waals surface area contributed by atoms with E-state index >= 15 is 0 Å². The Morgan fingerprint density at radius 1 is 1.20 bits per heavy atom. The first-order valence-electron chi connectivity index (χ1n) is 7.82. The zero-order valence-electron chi connectivity index (χ0n) is 13.0. The number of aromatic nitrogens is 1. The lowest BCUT2D eigenvalue weighted by molar-refractivity contribution is 0.224. The maximum Gasteiger partial charge on any atom is 0.0459 e. The molecule has 106 valence electrons. The molecule has 4 rings (SSSR count). The van der Waals surface area contributed by atoms with E-state index in [1.54, 1.807) is 5.56 Å². The average Bonchev–Trinajstić information content (AvgIpc) is 2.84. The highest BCUT2D eigenvalue weighted by atomic mass is 15.2. The van der Waals surface area contributed by atoms with Gasteiger partial charge in [0.1, 0.15) is 0 Å². The second-order valence-corrected chi connectivity index (χ2v) is 7.64. The van der Waals surface area contributed by atoms with Crippen LogP contribution in [0.15, 0.2) is 18.2 Å². The van der Waals surface area contributed by atoms with E-state index in [1.165, 1.54) is 41.4 Å². The van der Waals surface area contributed by atoms with Gasteiger partial charge in [-0.1, -0.05) is 26.8 Å². The van der Waals surface area contributed by atoms with Crippen LogP contribution in [0.25, 0.3) is 10.9 Å². The molecule has 0 spiro atoms. The Morgan fingerprint density at radius 2 is 2.00 bits per heavy atom. The Balaban J connectivity index is 1.94. The van der Waals surface area contributed by atoms with E-state index in [-0.39, 0.29) is 5.41 Å². The first-order valence-corrected chi connectivity index (χ1v) is 7.82. The monoisotopic (exact) mass is 268 g/mol. The van der Waals surface area contributed by atoms with Crippen molar-refractivity contribution in [1.29, 1.82) is 0 Å². The van der Waals surface area contributed by atoms with Gasteiger partial charge < -0.3 is 4.98 Å². The molecule has 1 saturated heterocycles. The van der Waals surface area contributed by atoms with Gasteiger partial charge in [0.15, 0.2) is 0 Å². The summed E-state index contributed by atoms with van der Waals surface area (Å²) < 4.78 is 0. The Labute approximate surface area is 121 Å². The molecule has 0 aliphatic carbocycles. The lowest BCUT2D eigenvalue weighted by Crippen LogP contribution is -2.33. The van der Waals surface area contributed by atoms with E-state index in [1.807, 2.05) is 0 Å². The lowest BCUT2D eigenvalue weighted by atomic mass is 9.85. The summed E-state index contributed by atoms with van der Waals surface area (Å²) in [5.41, 5.74) is 6.06. The summed E-state index contributed by atoms with van der Waals surface area (Å²) in [6.45, 7) is 6.89. The molecule has 0 saturated carbocycles. The van der Waals surface area contributed by atoms with Gasteiger partial charge in [0.2, 0.25) is 0 Å². The Hall–Kier alpha value is -1.28. The van der Waals surface area contributed by atoms with Crippen molar-refractivity contribution >= 4 is 10.9 Å². The Morgan fingerprint density at radius 3 is 2.75 bits per heavy atom. The maximum absolute atomic E-state index is 3.69. The zero-order valence-corrected chi connectivity index (χ0v) is 13.0. The molecule has 20 heavy (non-hydrogen) atoms. The molecule has 2 aliphatic rings. The van der Waals surface area contributed by atoms with E-state index in [2.05, 4.69) is 55.9 Å². The molecule has 2 bridgehead atoms. The summed E-state index contributed by atoms with van der Waals surface area (Å²) in [5, 5.41) is 1.46. The molecule has 2 aromatic rings. The fourth-order valence-electron chi connectivity index (χ4n) is 4.12. The van der Waals surface area contributed by atoms with Gasteiger partial charge in [-0.05, 0) is 48.6 Å². The third-order valence-corrected chi connectivity index (χ3v) is 5.40. The van der Waals surface area contributed by atoms with Crippen molar-refractivity contribution in [3.63, 3.8) is 0 Å². The number of fused-ring (bicyclic) bond motifs is 6. The van der Waals surface area contributed by atoms with E-state index < -0.39 is 0 Å². The molecule has 0 amide bonds. The summed E-state index contributed by atoms with van der Waals surface area (Å²) in [7, 11) is 2.30. The second kappa shape index (κ2) is 3.88. The van der Waals surface area contributed by atoms with Crippen molar-refractivity contribution in [3.05, 3.63) is 35.0 Å². The molecule has 2 nitrogen and oxygen atoms in total. The highest BCUT2D eigenvalue weighted by molar-refractivity contribution is 5.86. The number of likely N-dealkylation sites (N-methyl/N-ethyl adjacent to an activating group) is 1. The van der Waals surface area contributed by atoms with E-state index in [0.717, 1.165) is 6.04 Å². The van der Waals surface area contributed by atoms with Gasteiger partial charge in [0, 0.05) is 35.1 Å². The van der Waals surface area contributed by atoms with Gasteiger partial charge in [-0.3, -0.25) is 4.90 Å². The van der Waals surface area contributed by atoms with Crippen molar-refractivity contribution in [2.75, 3.05) is 7.05 Å². The maximum atomic E-state index is 3.69. The van der Waals surface area contributed by atoms with E-state index in [9.17, 15) is 0 Å². The fourth-order valence-corrected chi connectivity index (χ4v) is 4.12. The SMILES string of the molecule is CN1C2CCC1c1c([nH]c3ccc(C(C)(C)C)cc13)C2. The van der Waals surface area contributed by atoms with Gasteiger partial charge in [0.05, 0.1) is 0 Å². The number of hydrogen-bond acceptors (Lipinski definition) is 1. The average molecular weight is 268 g/mol. The van der Waals surface area contributed by atoms with E-state index in [4.69, 9.17) is 0 Å². The van der Waals surface area contributed by atoms with Gasteiger partial charge >= 0.3 is 0 Å². The summed E-state index contributed by atoms with van der Waals surface area (Å²) in [6, 6.07) is 8.38. The molecule has 2 unspecified atom stereocenters. The summed E-state index contributed by atoms with van der Waals surface area (Å²) in [5.74, 6) is 0. The van der Waals surface area contributed by atoms with Crippen molar-refractivity contribution in [2.45, 2.75) is 57.5 Å². The number of nitrogens with one attached hydrogen (secondary N) is 1. The van der Waals surface area contributed by atoms with Crippen molar-refractivity contribution in [1.82, 2.24) is 9.88 Å². The third-order valence-electron chi connectivity index (χ3n) is 5.40. The number of benzene rings is 1. The Kier molecular flexibility index (Phi) is 2.42. The first kappa shape index (κ1) is 12.5. The number of rotatable bonds is 0. The van der Waals surface area contributed by atoms with Gasteiger partial charge in [-0.25, -0.2) is 0 Å². The predicted molar refractivity (Wildman–Crippen MR) is 84.2 cm³/mol. The predicted octanol–water partition coefficient (Wildman–Crippen LogP) is 4.16. The van der Waals surface area contributed by atoms with Crippen LogP contribution in [0.1, 0.15) is 56.5 Å². The number of H-pyrrole nitrogens is 1. The standard InChI is InChI=1S/C18H24N2/c1-18(2,3)11-5-7-14-13(9-11)17-15(19-14)10-12-6-8-16(17)20(12)4/h5,7,9,12,16,19H,6,8,10H2,1-4H3. The highest BCUT2D eigenvalue weighted by Gasteiger charge is 2.39. The first-order chi connectivity index (χ1) is 9.45. The van der Waals surface area contributed by atoms with Crippen LogP contribution in [0.4, 0.5) is 0 Å². The normalized spacial score (nSPS) is 26.2. The topological polar surface area (TPSA) is 19.0 Å². The van der Waals surface area contributed by atoms with Crippen LogP contribution in [0.5, 0.6) is 0 Å². The molecule has 2 atom stereocenters. The minimum atomic E-state index is 0.219. The molecule has 3 heterocycles. The molecule has 0 radical (unpaired) electrons. The van der Waals surface area contributed by atoms with Crippen LogP contribution in [0.3, 0.4) is 0 Å². The molecule has 2 aliphatic heterocycles. The van der Waals surface area contributed by atoms with E-state index in [0.29, 0.717) is 6.04 Å². The number of hydrogen-bond donors (Lipinski definition) is 1. The third kappa shape index (κ3) is 1.61. The lowest BCUT2D eigenvalue weighted by Gasteiger charge is -2.31. The van der Waals surface area contributed by atoms with Crippen LogP contribution in [0.2, 0.25) is 0 Å². The fraction of sp³-hybridized carbons (Fsp3) is 0.556.